The molecule has 2 N–H and O–H groups in total. The van der Waals surface area contributed by atoms with Crippen molar-refractivity contribution in [2.24, 2.45) is 11.8 Å². The Hall–Kier alpha value is -2.16. The Kier molecular flexibility index (Phi) is 5.87. The topological polar surface area (TPSA) is 74.7 Å². The number of ether oxygens (including phenoxy) is 1. The zero-order chi connectivity index (χ0) is 23.3. The highest BCUT2D eigenvalue weighted by atomic mass is 19.3. The summed E-state index contributed by atoms with van der Waals surface area (Å²) in [6.45, 7) is 6.97. The van der Waals surface area contributed by atoms with Gasteiger partial charge in [0.1, 0.15) is 5.82 Å². The van der Waals surface area contributed by atoms with Gasteiger partial charge in [-0.2, -0.15) is 0 Å². The summed E-state index contributed by atoms with van der Waals surface area (Å²) in [6.07, 6.45) is 1.06. The average Bonchev–Trinajstić information content (AvgIpc) is 3.54. The zero-order valence-electron chi connectivity index (χ0n) is 19.1. The molecule has 2 aliphatic heterocycles. The smallest absolute Gasteiger partial charge is 0.242 e. The summed E-state index contributed by atoms with van der Waals surface area (Å²) < 4.78 is 31.1. The van der Waals surface area contributed by atoms with E-state index in [2.05, 4.69) is 41.2 Å². The monoisotopic (exact) mass is 459 g/mol. The van der Waals surface area contributed by atoms with E-state index in [9.17, 15) is 18.7 Å². The molecule has 3 fully saturated rings. The fourth-order valence-electron chi connectivity index (χ4n) is 5.50. The molecule has 3 heterocycles. The van der Waals surface area contributed by atoms with Gasteiger partial charge in [0.15, 0.2) is 0 Å². The van der Waals surface area contributed by atoms with Gasteiger partial charge in [-0.05, 0) is 80.8 Å². The van der Waals surface area contributed by atoms with E-state index in [1.165, 1.54) is 11.1 Å². The number of aliphatic hydroxyl groups is 1. The van der Waals surface area contributed by atoms with Crippen molar-refractivity contribution in [1.82, 2.24) is 9.88 Å². The lowest BCUT2D eigenvalue weighted by Gasteiger charge is -2.44. The second-order valence-electron chi connectivity index (χ2n) is 10.1. The molecule has 1 aromatic heterocycles. The zero-order valence-corrected chi connectivity index (χ0v) is 19.1. The molecule has 1 aromatic carbocycles. The molecule has 2 unspecified atom stereocenters. The third kappa shape index (κ3) is 4.24. The van der Waals surface area contributed by atoms with Gasteiger partial charge in [-0.3, -0.25) is 9.69 Å². The minimum atomic E-state index is -2.45. The van der Waals surface area contributed by atoms with Gasteiger partial charge in [0.2, 0.25) is 12.3 Å². The molecule has 33 heavy (non-hydrogen) atoms. The second-order valence-corrected chi connectivity index (χ2v) is 10.1. The van der Waals surface area contributed by atoms with E-state index in [0.29, 0.717) is 24.9 Å². The lowest BCUT2D eigenvalue weighted by molar-refractivity contribution is -0.118. The molecule has 1 amide bonds. The van der Waals surface area contributed by atoms with Crippen LogP contribution in [-0.4, -0.2) is 65.3 Å². The Morgan fingerprint density at radius 1 is 1.27 bits per heavy atom. The van der Waals surface area contributed by atoms with Gasteiger partial charge >= 0.3 is 0 Å². The quantitative estimate of drug-likeness (QED) is 0.713. The molecular weight excluding hydrogens is 428 g/mol. The van der Waals surface area contributed by atoms with Crippen molar-refractivity contribution in [2.75, 3.05) is 31.6 Å². The maximum atomic E-state index is 12.8. The number of amides is 1. The molecule has 6 nitrogen and oxygen atoms in total. The second kappa shape index (κ2) is 8.56. The van der Waals surface area contributed by atoms with E-state index >= 15 is 0 Å². The number of carbonyl (C=O) groups excluding carboxylic acids is 1. The fraction of sp³-hybridized carbons (Fsp3) is 0.600. The van der Waals surface area contributed by atoms with Crippen LogP contribution in [0.2, 0.25) is 0 Å². The molecule has 1 aliphatic carbocycles. The number of aryl methyl sites for hydroxylation is 1. The van der Waals surface area contributed by atoms with Crippen molar-refractivity contribution in [3.8, 4) is 0 Å². The standard InChI is InChI=1S/C25H31F2N3O3/c1-14-7-17-11-28-22(29-24(32)20-10-19(20)23(26)27)9-16(17)8-18(14)15-3-5-30(6-4-15)25(2)13-33-12-21(25)31/h7-9,11,15,19-21,23,31H,3-6,10,12-13H2,1-2H3,(H,28,29,32)/t19?,20?,21-,25+/m1/s1. The SMILES string of the molecule is Cc1cc2cnc(NC(=O)C3CC3C(F)F)cc2cc1C1CCN([C@@]2(C)COC[C@H]2O)CC1. The number of halogens is 2. The number of benzene rings is 1. The number of aromatic nitrogens is 1. The number of aliphatic hydroxyl groups excluding tert-OH is 1. The molecule has 3 aliphatic rings. The van der Waals surface area contributed by atoms with E-state index in [-0.39, 0.29) is 17.9 Å². The van der Waals surface area contributed by atoms with Gasteiger partial charge in [-0.15, -0.1) is 0 Å². The van der Waals surface area contributed by atoms with Crippen LogP contribution >= 0.6 is 0 Å². The maximum absolute atomic E-state index is 12.8. The first-order valence-electron chi connectivity index (χ1n) is 11.8. The van der Waals surface area contributed by atoms with Crippen LogP contribution in [0.3, 0.4) is 0 Å². The van der Waals surface area contributed by atoms with Crippen LogP contribution in [0.25, 0.3) is 10.8 Å². The highest BCUT2D eigenvalue weighted by Gasteiger charge is 2.49. The van der Waals surface area contributed by atoms with E-state index in [4.69, 9.17) is 4.74 Å². The summed E-state index contributed by atoms with van der Waals surface area (Å²) >= 11 is 0. The van der Waals surface area contributed by atoms with Crippen LogP contribution in [0, 0.1) is 18.8 Å². The van der Waals surface area contributed by atoms with Gasteiger partial charge in [0.25, 0.3) is 0 Å². The normalized spacial score (nSPS) is 30.8. The molecule has 0 radical (unpaired) electrons. The molecule has 2 aromatic rings. The summed E-state index contributed by atoms with van der Waals surface area (Å²) in [5.41, 5.74) is 2.19. The fourth-order valence-corrected chi connectivity index (χ4v) is 5.50. The van der Waals surface area contributed by atoms with E-state index in [0.717, 1.165) is 36.7 Å². The number of carbonyl (C=O) groups is 1. The minimum absolute atomic E-state index is 0.237. The van der Waals surface area contributed by atoms with Crippen LogP contribution in [-0.2, 0) is 9.53 Å². The molecule has 0 spiro atoms. The molecule has 8 heteroatoms. The van der Waals surface area contributed by atoms with E-state index in [1.54, 1.807) is 6.20 Å². The first kappa shape index (κ1) is 22.6. The molecule has 5 rings (SSSR count). The van der Waals surface area contributed by atoms with E-state index in [1.807, 2.05) is 6.07 Å². The van der Waals surface area contributed by atoms with Gasteiger partial charge in [0.05, 0.1) is 24.9 Å². The van der Waals surface area contributed by atoms with Crippen LogP contribution in [0.4, 0.5) is 14.6 Å². The summed E-state index contributed by atoms with van der Waals surface area (Å²) in [5.74, 6) is -1.01. The van der Waals surface area contributed by atoms with Crippen molar-refractivity contribution in [2.45, 2.75) is 57.1 Å². The summed E-state index contributed by atoms with van der Waals surface area (Å²) in [4.78, 5) is 18.9. The van der Waals surface area contributed by atoms with Crippen molar-refractivity contribution in [3.63, 3.8) is 0 Å². The third-order valence-electron chi connectivity index (χ3n) is 7.90. The van der Waals surface area contributed by atoms with E-state index < -0.39 is 24.4 Å². The Balaban J connectivity index is 1.30. The van der Waals surface area contributed by atoms with Gasteiger partial charge < -0.3 is 15.2 Å². The van der Waals surface area contributed by atoms with Crippen molar-refractivity contribution in [1.29, 1.82) is 0 Å². The third-order valence-corrected chi connectivity index (χ3v) is 7.90. The predicted octanol–water partition coefficient (Wildman–Crippen LogP) is 3.71. The van der Waals surface area contributed by atoms with Crippen LogP contribution in [0.15, 0.2) is 24.4 Å². The predicted molar refractivity (Wildman–Crippen MR) is 121 cm³/mol. The first-order chi connectivity index (χ1) is 15.8. The number of piperidine rings is 1. The lowest BCUT2D eigenvalue weighted by atomic mass is 9.83. The summed E-state index contributed by atoms with van der Waals surface area (Å²) in [6, 6.07) is 6.13. The number of likely N-dealkylation sites (tertiary alicyclic amines) is 1. The van der Waals surface area contributed by atoms with Gasteiger partial charge in [0, 0.05) is 23.4 Å². The number of anilines is 1. The number of hydrogen-bond donors (Lipinski definition) is 2. The average molecular weight is 460 g/mol. The first-order valence-corrected chi connectivity index (χ1v) is 11.8. The van der Waals surface area contributed by atoms with Crippen molar-refractivity contribution < 1.29 is 23.4 Å². The molecular formula is C25H31F2N3O3. The lowest BCUT2D eigenvalue weighted by Crippen LogP contribution is -2.56. The Morgan fingerprint density at radius 3 is 2.67 bits per heavy atom. The Morgan fingerprint density at radius 2 is 2.03 bits per heavy atom. The van der Waals surface area contributed by atoms with Gasteiger partial charge in [-0.1, -0.05) is 6.07 Å². The molecule has 0 bridgehead atoms. The highest BCUT2D eigenvalue weighted by Crippen LogP contribution is 2.44. The summed E-state index contributed by atoms with van der Waals surface area (Å²) in [7, 11) is 0. The highest BCUT2D eigenvalue weighted by molar-refractivity contribution is 5.95. The Bertz CT molecular complexity index is 1060. The number of nitrogens with one attached hydrogen (secondary N) is 1. The van der Waals surface area contributed by atoms with Crippen LogP contribution in [0.1, 0.15) is 43.2 Å². The summed E-state index contributed by atoms with van der Waals surface area (Å²) in [5, 5.41) is 15.1. The molecule has 1 saturated carbocycles. The number of hydrogen-bond acceptors (Lipinski definition) is 5. The number of nitrogens with zero attached hydrogens (tertiary/aromatic N) is 2. The number of alkyl halides is 2. The van der Waals surface area contributed by atoms with Crippen LogP contribution in [0.5, 0.6) is 0 Å². The van der Waals surface area contributed by atoms with Crippen molar-refractivity contribution in [3.05, 3.63) is 35.5 Å². The molecule has 178 valence electrons. The molecule has 4 atom stereocenters. The van der Waals surface area contributed by atoms with Crippen molar-refractivity contribution >= 4 is 22.5 Å². The number of pyridine rings is 1. The maximum Gasteiger partial charge on any atom is 0.242 e. The minimum Gasteiger partial charge on any atom is -0.389 e. The molecule has 2 saturated heterocycles. The van der Waals surface area contributed by atoms with Gasteiger partial charge in [-0.25, -0.2) is 13.8 Å². The van der Waals surface area contributed by atoms with Crippen LogP contribution < -0.4 is 5.32 Å². The number of rotatable bonds is 5. The Labute approximate surface area is 192 Å². The number of fused-ring (bicyclic) bond motifs is 1. The largest absolute Gasteiger partial charge is 0.389 e.